The van der Waals surface area contributed by atoms with Crippen LogP contribution >= 0.6 is 0 Å². The summed E-state index contributed by atoms with van der Waals surface area (Å²) in [6.07, 6.45) is 1.71. The van der Waals surface area contributed by atoms with E-state index in [4.69, 9.17) is 4.52 Å². The van der Waals surface area contributed by atoms with Crippen LogP contribution in [0.15, 0.2) is 39.8 Å². The summed E-state index contributed by atoms with van der Waals surface area (Å²) in [4.78, 5) is 15.1. The van der Waals surface area contributed by atoms with Gasteiger partial charge in [0.2, 0.25) is 15.9 Å². The van der Waals surface area contributed by atoms with E-state index in [9.17, 15) is 13.2 Å². The van der Waals surface area contributed by atoms with Gasteiger partial charge in [0.05, 0.1) is 5.41 Å². The third-order valence-electron chi connectivity index (χ3n) is 5.58. The number of hydrogen-bond donors (Lipinski definition) is 0. The molecule has 7 nitrogen and oxygen atoms in total. The number of rotatable bonds is 4. The van der Waals surface area contributed by atoms with Crippen molar-refractivity contribution in [1.82, 2.24) is 14.4 Å². The summed E-state index contributed by atoms with van der Waals surface area (Å²) in [7, 11) is -3.66. The van der Waals surface area contributed by atoms with E-state index in [1.807, 2.05) is 30.3 Å². The molecule has 1 amide bonds. The predicted molar refractivity (Wildman–Crippen MR) is 98.7 cm³/mol. The number of aryl methyl sites for hydroxylation is 2. The number of carbonyl (C=O) groups excluding carboxylic acids is 1. The Labute approximate surface area is 159 Å². The predicted octanol–water partition coefficient (Wildman–Crippen LogP) is 1.86. The molecule has 1 aliphatic heterocycles. The molecule has 0 atom stereocenters. The highest BCUT2D eigenvalue weighted by atomic mass is 32.2. The van der Waals surface area contributed by atoms with Crippen molar-refractivity contribution < 1.29 is 17.7 Å². The Morgan fingerprint density at radius 1 is 1.07 bits per heavy atom. The largest absolute Gasteiger partial charge is 0.360 e. The monoisotopic (exact) mass is 389 g/mol. The molecule has 4 rings (SSSR count). The lowest BCUT2D eigenvalue weighted by Crippen LogP contribution is -2.53. The fraction of sp³-hybridized carbons (Fsp3) is 0.474. The topological polar surface area (TPSA) is 83.7 Å². The number of sulfonamides is 1. The van der Waals surface area contributed by atoms with E-state index in [1.165, 1.54) is 4.31 Å². The van der Waals surface area contributed by atoms with Gasteiger partial charge in [0.25, 0.3) is 0 Å². The van der Waals surface area contributed by atoms with E-state index in [0.29, 0.717) is 24.5 Å². The molecule has 2 heterocycles. The van der Waals surface area contributed by atoms with Gasteiger partial charge in [0, 0.05) is 26.2 Å². The zero-order chi connectivity index (χ0) is 19.2. The van der Waals surface area contributed by atoms with Crippen LogP contribution in [0.4, 0.5) is 0 Å². The Bertz CT molecular complexity index is 937. The van der Waals surface area contributed by atoms with Crippen molar-refractivity contribution in [2.75, 3.05) is 26.2 Å². The van der Waals surface area contributed by atoms with Crippen molar-refractivity contribution >= 4 is 15.9 Å². The molecule has 1 aromatic carbocycles. The zero-order valence-electron chi connectivity index (χ0n) is 15.5. The number of aromatic nitrogens is 1. The smallest absolute Gasteiger partial charge is 0.248 e. The highest BCUT2D eigenvalue weighted by Gasteiger charge is 2.53. The normalized spacial score (nSPS) is 19.9. The number of benzene rings is 1. The first-order chi connectivity index (χ1) is 12.9. The number of amides is 1. The molecule has 8 heteroatoms. The molecule has 1 saturated carbocycles. The van der Waals surface area contributed by atoms with E-state index in [-0.39, 0.29) is 23.9 Å². The summed E-state index contributed by atoms with van der Waals surface area (Å²) in [6, 6.07) is 9.86. The van der Waals surface area contributed by atoms with E-state index in [1.54, 1.807) is 18.7 Å². The van der Waals surface area contributed by atoms with Gasteiger partial charge in [-0.1, -0.05) is 35.5 Å². The molecule has 144 valence electrons. The average Bonchev–Trinajstić information content (AvgIpc) is 3.41. The SMILES string of the molecule is Cc1noc(C)c1S(=O)(=O)N1CCN(C(=O)C2(c3ccccc3)CC2)CC1. The van der Waals surface area contributed by atoms with Crippen LogP contribution in [0.3, 0.4) is 0 Å². The Hall–Kier alpha value is -2.19. The van der Waals surface area contributed by atoms with Crippen molar-refractivity contribution in [3.63, 3.8) is 0 Å². The van der Waals surface area contributed by atoms with Crippen LogP contribution in [0.1, 0.15) is 29.9 Å². The fourth-order valence-corrected chi connectivity index (χ4v) is 5.63. The molecule has 2 aliphatic rings. The first kappa shape index (κ1) is 18.2. The van der Waals surface area contributed by atoms with Gasteiger partial charge < -0.3 is 9.42 Å². The van der Waals surface area contributed by atoms with E-state index in [0.717, 1.165) is 18.4 Å². The molecule has 0 N–H and O–H groups in total. The minimum Gasteiger partial charge on any atom is -0.360 e. The fourth-order valence-electron chi connectivity index (χ4n) is 3.91. The zero-order valence-corrected chi connectivity index (χ0v) is 16.3. The minimum atomic E-state index is -3.66. The molecule has 0 bridgehead atoms. The number of nitrogens with zero attached hydrogens (tertiary/aromatic N) is 3. The molecule has 2 aromatic rings. The van der Waals surface area contributed by atoms with Crippen LogP contribution in [0, 0.1) is 13.8 Å². The Morgan fingerprint density at radius 2 is 1.70 bits per heavy atom. The summed E-state index contributed by atoms with van der Waals surface area (Å²) in [5.74, 6) is 0.412. The van der Waals surface area contributed by atoms with Crippen molar-refractivity contribution in [2.24, 2.45) is 0 Å². The maximum atomic E-state index is 13.1. The first-order valence-corrected chi connectivity index (χ1v) is 10.6. The number of piperazine rings is 1. The molecular formula is C19H23N3O4S. The number of carbonyl (C=O) groups is 1. The third-order valence-corrected chi connectivity index (χ3v) is 7.72. The second kappa shape index (κ2) is 6.45. The maximum Gasteiger partial charge on any atom is 0.248 e. The van der Waals surface area contributed by atoms with Crippen molar-refractivity contribution in [3.05, 3.63) is 47.3 Å². The van der Waals surface area contributed by atoms with Crippen molar-refractivity contribution in [2.45, 2.75) is 37.0 Å². The van der Waals surface area contributed by atoms with Gasteiger partial charge in [-0.2, -0.15) is 4.31 Å². The second-order valence-corrected chi connectivity index (χ2v) is 9.17. The maximum absolute atomic E-state index is 13.1. The minimum absolute atomic E-state index is 0.114. The summed E-state index contributed by atoms with van der Waals surface area (Å²) in [6.45, 7) is 4.58. The Morgan fingerprint density at radius 3 is 2.22 bits per heavy atom. The van der Waals surface area contributed by atoms with Crippen LogP contribution in [0.25, 0.3) is 0 Å². The molecule has 0 spiro atoms. The number of hydrogen-bond acceptors (Lipinski definition) is 5. The Kier molecular flexibility index (Phi) is 4.35. The lowest BCUT2D eigenvalue weighted by Gasteiger charge is -2.36. The second-order valence-electron chi connectivity index (χ2n) is 7.30. The van der Waals surface area contributed by atoms with Crippen molar-refractivity contribution in [1.29, 1.82) is 0 Å². The van der Waals surface area contributed by atoms with E-state index >= 15 is 0 Å². The van der Waals surface area contributed by atoms with Gasteiger partial charge in [-0.25, -0.2) is 8.42 Å². The van der Waals surface area contributed by atoms with Gasteiger partial charge >= 0.3 is 0 Å². The highest BCUT2D eigenvalue weighted by Crippen LogP contribution is 2.49. The third kappa shape index (κ3) is 2.96. The molecule has 0 radical (unpaired) electrons. The van der Waals surface area contributed by atoms with Crippen molar-refractivity contribution in [3.8, 4) is 0 Å². The van der Waals surface area contributed by atoms with Gasteiger partial charge in [-0.3, -0.25) is 4.79 Å². The summed E-state index contributed by atoms with van der Waals surface area (Å²) in [5.41, 5.74) is 1.01. The molecule has 27 heavy (non-hydrogen) atoms. The average molecular weight is 389 g/mol. The standard InChI is InChI=1S/C19H23N3O4S/c1-14-17(15(2)26-20-14)27(24,25)22-12-10-21(11-13-22)18(23)19(8-9-19)16-6-4-3-5-7-16/h3-7H,8-13H2,1-2H3. The molecule has 0 unspecified atom stereocenters. The van der Waals surface area contributed by atoms with Crippen LogP contribution in [-0.4, -0.2) is 54.9 Å². The summed E-state index contributed by atoms with van der Waals surface area (Å²) in [5, 5.41) is 3.75. The summed E-state index contributed by atoms with van der Waals surface area (Å²) >= 11 is 0. The summed E-state index contributed by atoms with van der Waals surface area (Å²) < 4.78 is 32.3. The van der Waals surface area contributed by atoms with Crippen LogP contribution in [-0.2, 0) is 20.2 Å². The Balaban J connectivity index is 1.48. The first-order valence-electron chi connectivity index (χ1n) is 9.14. The highest BCUT2D eigenvalue weighted by molar-refractivity contribution is 7.89. The lowest BCUT2D eigenvalue weighted by molar-refractivity contribution is -0.135. The quantitative estimate of drug-likeness (QED) is 0.797. The molecular weight excluding hydrogens is 366 g/mol. The molecule has 1 aliphatic carbocycles. The molecule has 1 saturated heterocycles. The van der Waals surface area contributed by atoms with E-state index in [2.05, 4.69) is 5.16 Å². The van der Waals surface area contributed by atoms with Gasteiger partial charge in [0.15, 0.2) is 5.76 Å². The molecule has 2 fully saturated rings. The van der Waals surface area contributed by atoms with Gasteiger partial charge in [0.1, 0.15) is 10.6 Å². The molecule has 1 aromatic heterocycles. The lowest BCUT2D eigenvalue weighted by atomic mass is 9.94. The van der Waals surface area contributed by atoms with Crippen LogP contribution in [0.2, 0.25) is 0 Å². The van der Waals surface area contributed by atoms with E-state index < -0.39 is 15.4 Å². The van der Waals surface area contributed by atoms with Gasteiger partial charge in [-0.05, 0) is 32.3 Å². The van der Waals surface area contributed by atoms with Gasteiger partial charge in [-0.15, -0.1) is 0 Å². The van der Waals surface area contributed by atoms with Crippen LogP contribution in [0.5, 0.6) is 0 Å². The van der Waals surface area contributed by atoms with Crippen LogP contribution < -0.4 is 0 Å².